The molecular formula is C22H24ClNO4. The molecule has 0 saturated heterocycles. The van der Waals surface area contributed by atoms with Gasteiger partial charge in [-0.2, -0.15) is 0 Å². The van der Waals surface area contributed by atoms with Crippen LogP contribution >= 0.6 is 11.6 Å². The largest absolute Gasteiger partial charge is 0.482 e. The molecule has 0 aliphatic heterocycles. The summed E-state index contributed by atoms with van der Waals surface area (Å²) in [5.74, 6) is -0.383. The summed E-state index contributed by atoms with van der Waals surface area (Å²) in [6.45, 7) is 3.14. The number of fused-ring (bicyclic) bond motifs is 1. The third kappa shape index (κ3) is 5.04. The molecule has 0 spiro atoms. The van der Waals surface area contributed by atoms with Gasteiger partial charge in [-0.3, -0.25) is 4.79 Å². The summed E-state index contributed by atoms with van der Waals surface area (Å²) in [5, 5.41) is 3.63. The van der Waals surface area contributed by atoms with E-state index in [1.165, 1.54) is 5.56 Å². The number of benzene rings is 2. The third-order valence-electron chi connectivity index (χ3n) is 4.85. The number of hydrogen-bond donors (Lipinski definition) is 1. The number of rotatable bonds is 6. The quantitative estimate of drug-likeness (QED) is 0.738. The number of nitrogens with one attached hydrogen (secondary N) is 1. The highest BCUT2D eigenvalue weighted by atomic mass is 35.5. The average Bonchev–Trinajstić information content (AvgIpc) is 2.69. The van der Waals surface area contributed by atoms with Crippen LogP contribution in [0.3, 0.4) is 0 Å². The first-order chi connectivity index (χ1) is 13.4. The molecule has 28 heavy (non-hydrogen) atoms. The van der Waals surface area contributed by atoms with Gasteiger partial charge in [0, 0.05) is 5.02 Å². The lowest BCUT2D eigenvalue weighted by Crippen LogP contribution is -2.39. The molecule has 2 aromatic rings. The van der Waals surface area contributed by atoms with Gasteiger partial charge in [-0.05, 0) is 68.0 Å². The van der Waals surface area contributed by atoms with Gasteiger partial charge in [0.05, 0.1) is 6.04 Å². The van der Waals surface area contributed by atoms with Crippen molar-refractivity contribution in [1.29, 1.82) is 0 Å². The topological polar surface area (TPSA) is 64.6 Å². The predicted octanol–water partition coefficient (Wildman–Crippen LogP) is 4.15. The normalized spacial score (nSPS) is 16.6. The molecule has 0 heterocycles. The molecule has 1 aliphatic rings. The molecular weight excluding hydrogens is 378 g/mol. The van der Waals surface area contributed by atoms with Crippen LogP contribution in [0.1, 0.15) is 42.5 Å². The fourth-order valence-corrected chi connectivity index (χ4v) is 3.44. The zero-order valence-corrected chi connectivity index (χ0v) is 16.8. The van der Waals surface area contributed by atoms with Crippen molar-refractivity contribution in [3.63, 3.8) is 0 Å². The monoisotopic (exact) mass is 401 g/mol. The lowest BCUT2D eigenvalue weighted by Gasteiger charge is -2.27. The number of aryl methyl sites for hydroxylation is 2. The number of carbonyl (C=O) groups excluding carboxylic acids is 2. The van der Waals surface area contributed by atoms with Gasteiger partial charge in [0.1, 0.15) is 5.75 Å². The van der Waals surface area contributed by atoms with Crippen molar-refractivity contribution in [2.24, 2.45) is 0 Å². The van der Waals surface area contributed by atoms with Crippen LogP contribution in [0.15, 0.2) is 42.5 Å². The van der Waals surface area contributed by atoms with Gasteiger partial charge in [-0.15, -0.1) is 0 Å². The molecule has 1 N–H and O–H groups in total. The fraction of sp³-hybridized carbons (Fsp3) is 0.364. The van der Waals surface area contributed by atoms with Crippen molar-refractivity contribution in [2.75, 3.05) is 6.61 Å². The van der Waals surface area contributed by atoms with Crippen molar-refractivity contribution in [1.82, 2.24) is 5.32 Å². The molecule has 0 fully saturated rings. The molecule has 0 saturated carbocycles. The van der Waals surface area contributed by atoms with E-state index in [0.29, 0.717) is 10.8 Å². The smallest absolute Gasteiger partial charge is 0.344 e. The van der Waals surface area contributed by atoms with E-state index in [9.17, 15) is 9.59 Å². The molecule has 0 bridgehead atoms. The number of amides is 1. The first kappa shape index (κ1) is 20.2. The van der Waals surface area contributed by atoms with Gasteiger partial charge >= 0.3 is 5.97 Å². The van der Waals surface area contributed by atoms with E-state index in [0.717, 1.165) is 30.4 Å². The van der Waals surface area contributed by atoms with Crippen molar-refractivity contribution in [3.8, 4) is 5.75 Å². The van der Waals surface area contributed by atoms with Crippen LogP contribution in [-0.4, -0.2) is 24.6 Å². The molecule has 1 amide bonds. The number of hydrogen-bond acceptors (Lipinski definition) is 4. The van der Waals surface area contributed by atoms with Gasteiger partial charge < -0.3 is 14.8 Å². The highest BCUT2D eigenvalue weighted by Gasteiger charge is 2.25. The number of esters is 1. The average molecular weight is 402 g/mol. The van der Waals surface area contributed by atoms with Gasteiger partial charge in [0.2, 0.25) is 0 Å². The van der Waals surface area contributed by atoms with Gasteiger partial charge in [-0.25, -0.2) is 4.79 Å². The van der Waals surface area contributed by atoms with E-state index in [4.69, 9.17) is 21.1 Å². The molecule has 2 aromatic carbocycles. The summed E-state index contributed by atoms with van der Waals surface area (Å²) in [6, 6.07) is 13.2. The summed E-state index contributed by atoms with van der Waals surface area (Å²) in [7, 11) is 0. The summed E-state index contributed by atoms with van der Waals surface area (Å²) >= 11 is 5.97. The summed E-state index contributed by atoms with van der Waals surface area (Å²) < 4.78 is 10.6. The first-order valence-electron chi connectivity index (χ1n) is 9.40. The number of carbonyl (C=O) groups is 2. The molecule has 0 aromatic heterocycles. The van der Waals surface area contributed by atoms with E-state index < -0.39 is 12.1 Å². The Hall–Kier alpha value is -2.53. The van der Waals surface area contributed by atoms with E-state index >= 15 is 0 Å². The Morgan fingerprint density at radius 2 is 2.04 bits per heavy atom. The minimum absolute atomic E-state index is 0.0492. The maximum Gasteiger partial charge on any atom is 0.344 e. The Morgan fingerprint density at radius 1 is 1.25 bits per heavy atom. The van der Waals surface area contributed by atoms with E-state index in [1.54, 1.807) is 25.1 Å². The predicted molar refractivity (Wildman–Crippen MR) is 108 cm³/mol. The van der Waals surface area contributed by atoms with Crippen LogP contribution in [0.2, 0.25) is 5.02 Å². The molecule has 2 atom stereocenters. The van der Waals surface area contributed by atoms with Crippen LogP contribution in [0.25, 0.3) is 0 Å². The van der Waals surface area contributed by atoms with E-state index in [-0.39, 0.29) is 18.6 Å². The zero-order chi connectivity index (χ0) is 20.1. The molecule has 0 radical (unpaired) electrons. The van der Waals surface area contributed by atoms with E-state index in [2.05, 4.69) is 11.4 Å². The lowest BCUT2D eigenvalue weighted by atomic mass is 9.87. The highest BCUT2D eigenvalue weighted by Crippen LogP contribution is 2.29. The zero-order valence-electron chi connectivity index (χ0n) is 16.0. The van der Waals surface area contributed by atoms with Crippen molar-refractivity contribution in [3.05, 3.63) is 64.2 Å². The molecule has 5 nitrogen and oxygen atoms in total. The second-order valence-corrected chi connectivity index (χ2v) is 7.39. The van der Waals surface area contributed by atoms with Crippen molar-refractivity contribution >= 4 is 23.5 Å². The van der Waals surface area contributed by atoms with E-state index in [1.807, 2.05) is 25.1 Å². The summed E-state index contributed by atoms with van der Waals surface area (Å²) in [6.07, 6.45) is 2.03. The summed E-state index contributed by atoms with van der Waals surface area (Å²) in [5.41, 5.74) is 3.26. The highest BCUT2D eigenvalue weighted by molar-refractivity contribution is 6.31. The minimum Gasteiger partial charge on any atom is -0.482 e. The maximum absolute atomic E-state index is 12.5. The fourth-order valence-electron chi connectivity index (χ4n) is 3.33. The van der Waals surface area contributed by atoms with Crippen molar-refractivity contribution in [2.45, 2.75) is 45.3 Å². The molecule has 148 valence electrons. The van der Waals surface area contributed by atoms with Gasteiger partial charge in [0.25, 0.3) is 5.91 Å². The lowest BCUT2D eigenvalue weighted by molar-refractivity contribution is -0.156. The van der Waals surface area contributed by atoms with Crippen LogP contribution in [0.4, 0.5) is 0 Å². The number of halogens is 1. The third-order valence-corrected chi connectivity index (χ3v) is 5.27. The molecule has 1 aliphatic carbocycles. The van der Waals surface area contributed by atoms with Gasteiger partial charge in [0.15, 0.2) is 12.7 Å². The Balaban J connectivity index is 1.50. The Morgan fingerprint density at radius 3 is 2.82 bits per heavy atom. The van der Waals surface area contributed by atoms with Crippen LogP contribution in [0, 0.1) is 6.92 Å². The second kappa shape index (κ2) is 9.11. The summed E-state index contributed by atoms with van der Waals surface area (Å²) in [4.78, 5) is 24.5. The second-order valence-electron chi connectivity index (χ2n) is 6.98. The Labute approximate surface area is 170 Å². The van der Waals surface area contributed by atoms with Crippen molar-refractivity contribution < 1.29 is 19.1 Å². The number of ether oxygens (including phenoxy) is 2. The van der Waals surface area contributed by atoms with Gasteiger partial charge in [-0.1, -0.05) is 35.9 Å². The Kier molecular flexibility index (Phi) is 6.57. The van der Waals surface area contributed by atoms with Crippen LogP contribution < -0.4 is 10.1 Å². The first-order valence-corrected chi connectivity index (χ1v) is 9.78. The molecule has 0 unspecified atom stereocenters. The molecule has 6 heteroatoms. The Bertz CT molecular complexity index is 867. The van der Waals surface area contributed by atoms with Crippen LogP contribution in [-0.2, 0) is 20.7 Å². The molecule has 3 rings (SSSR count). The van der Waals surface area contributed by atoms with Crippen LogP contribution in [0.5, 0.6) is 5.75 Å². The maximum atomic E-state index is 12.5. The SMILES string of the molecule is Cc1cc(OCC(=O)O[C@H](C)C(=O)N[C@H]2CCCc3ccccc32)ccc1Cl. The minimum atomic E-state index is -0.892. The standard InChI is InChI=1S/C22H24ClNO4/c1-14-12-17(10-11-19(14)23)27-13-21(25)28-15(2)22(26)24-20-9-5-7-16-6-3-4-8-18(16)20/h3-4,6,8,10-12,15,20H,5,7,9,13H2,1-2H3,(H,24,26)/t15-,20+/m1/s1.